The van der Waals surface area contributed by atoms with Crippen molar-refractivity contribution in [2.24, 2.45) is 5.73 Å². The molecule has 1 saturated heterocycles. The molecule has 1 fully saturated rings. The Morgan fingerprint density at radius 2 is 2.05 bits per heavy atom. The largest absolute Gasteiger partial charge is 0.477 e. The van der Waals surface area contributed by atoms with E-state index < -0.39 is 49.2 Å². The first-order valence-electron chi connectivity index (χ1n) is 6.86. The van der Waals surface area contributed by atoms with E-state index >= 15 is 0 Å². The van der Waals surface area contributed by atoms with E-state index in [2.05, 4.69) is 0 Å². The number of carbonyl (C=O) groups is 1. The highest BCUT2D eigenvalue weighted by Crippen LogP contribution is 2.32. The van der Waals surface area contributed by atoms with Crippen LogP contribution in [-0.4, -0.2) is 94.7 Å². The molecule has 0 bridgehead atoms. The SMILES string of the molecule is NCCOCCO[C@]1(C(=O)O)CC(O)[C@@H](O)C([C@H](O)CO)O1. The molecule has 10 heteroatoms. The van der Waals surface area contributed by atoms with Crippen LogP contribution in [0, 0.1) is 0 Å². The highest BCUT2D eigenvalue weighted by atomic mass is 16.7. The van der Waals surface area contributed by atoms with Crippen molar-refractivity contribution in [3.63, 3.8) is 0 Å². The van der Waals surface area contributed by atoms with Gasteiger partial charge in [0.15, 0.2) is 0 Å². The van der Waals surface area contributed by atoms with E-state index in [9.17, 15) is 25.2 Å². The first-order valence-corrected chi connectivity index (χ1v) is 6.86. The zero-order chi connectivity index (χ0) is 16.8. The van der Waals surface area contributed by atoms with Crippen molar-refractivity contribution < 1.29 is 44.5 Å². The summed E-state index contributed by atoms with van der Waals surface area (Å²) >= 11 is 0. The van der Waals surface area contributed by atoms with Crippen LogP contribution in [-0.2, 0) is 19.0 Å². The molecule has 1 heterocycles. The fourth-order valence-corrected chi connectivity index (χ4v) is 2.11. The van der Waals surface area contributed by atoms with Crippen molar-refractivity contribution in [3.8, 4) is 0 Å². The van der Waals surface area contributed by atoms with Gasteiger partial charge in [0.2, 0.25) is 0 Å². The molecular formula is C12H23NO9. The van der Waals surface area contributed by atoms with E-state index in [4.69, 9.17) is 25.1 Å². The molecule has 5 atom stereocenters. The Labute approximate surface area is 127 Å². The van der Waals surface area contributed by atoms with Gasteiger partial charge in [0.25, 0.3) is 5.79 Å². The van der Waals surface area contributed by atoms with Crippen LogP contribution in [0.5, 0.6) is 0 Å². The minimum Gasteiger partial charge on any atom is -0.477 e. The summed E-state index contributed by atoms with van der Waals surface area (Å²) in [4.78, 5) is 11.5. The van der Waals surface area contributed by atoms with Gasteiger partial charge in [0.1, 0.15) is 18.3 Å². The van der Waals surface area contributed by atoms with E-state index in [1.54, 1.807) is 0 Å². The molecule has 0 radical (unpaired) electrons. The zero-order valence-corrected chi connectivity index (χ0v) is 12.0. The molecule has 0 aliphatic carbocycles. The van der Waals surface area contributed by atoms with Crippen LogP contribution in [0.3, 0.4) is 0 Å². The van der Waals surface area contributed by atoms with Crippen molar-refractivity contribution in [1.29, 1.82) is 0 Å². The summed E-state index contributed by atoms with van der Waals surface area (Å²) in [6.45, 7) is -0.296. The number of carboxylic acids is 1. The second-order valence-corrected chi connectivity index (χ2v) is 4.90. The summed E-state index contributed by atoms with van der Waals surface area (Å²) in [5.41, 5.74) is 5.23. The molecule has 1 aliphatic heterocycles. The number of aliphatic hydroxyl groups excluding tert-OH is 4. The monoisotopic (exact) mass is 325 g/mol. The van der Waals surface area contributed by atoms with Gasteiger partial charge in [-0.1, -0.05) is 0 Å². The number of nitrogens with two attached hydrogens (primary N) is 1. The summed E-state index contributed by atoms with van der Waals surface area (Å²) in [5.74, 6) is -3.77. The van der Waals surface area contributed by atoms with Crippen LogP contribution < -0.4 is 5.73 Å². The molecule has 22 heavy (non-hydrogen) atoms. The van der Waals surface area contributed by atoms with Crippen molar-refractivity contribution in [2.75, 3.05) is 33.0 Å². The predicted molar refractivity (Wildman–Crippen MR) is 70.8 cm³/mol. The van der Waals surface area contributed by atoms with E-state index in [0.29, 0.717) is 6.54 Å². The van der Waals surface area contributed by atoms with Crippen LogP contribution in [0.25, 0.3) is 0 Å². The number of hydrogen-bond acceptors (Lipinski definition) is 9. The van der Waals surface area contributed by atoms with Crippen LogP contribution in [0.1, 0.15) is 6.42 Å². The third-order valence-electron chi connectivity index (χ3n) is 3.25. The molecule has 0 aromatic rings. The minimum absolute atomic E-state index is 0.0570. The summed E-state index contributed by atoms with van der Waals surface area (Å²) in [6, 6.07) is 0. The van der Waals surface area contributed by atoms with Gasteiger partial charge in [0, 0.05) is 13.0 Å². The molecule has 7 N–H and O–H groups in total. The maximum atomic E-state index is 11.5. The maximum absolute atomic E-state index is 11.5. The molecule has 10 nitrogen and oxygen atoms in total. The first kappa shape index (κ1) is 19.2. The Morgan fingerprint density at radius 3 is 2.59 bits per heavy atom. The summed E-state index contributed by atoms with van der Waals surface area (Å²) < 4.78 is 15.4. The Kier molecular flexibility index (Phi) is 7.59. The van der Waals surface area contributed by atoms with Crippen molar-refractivity contribution in [1.82, 2.24) is 0 Å². The van der Waals surface area contributed by atoms with Gasteiger partial charge in [0.05, 0.1) is 32.5 Å². The lowest BCUT2D eigenvalue weighted by Gasteiger charge is -2.43. The van der Waals surface area contributed by atoms with Gasteiger partial charge < -0.3 is 45.5 Å². The first-order chi connectivity index (χ1) is 10.4. The fraction of sp³-hybridized carbons (Fsp3) is 0.917. The van der Waals surface area contributed by atoms with E-state index in [0.717, 1.165) is 0 Å². The number of rotatable bonds is 9. The van der Waals surface area contributed by atoms with Gasteiger partial charge in [-0.15, -0.1) is 0 Å². The second-order valence-electron chi connectivity index (χ2n) is 4.90. The number of ether oxygens (including phenoxy) is 3. The second kappa shape index (κ2) is 8.70. The number of aliphatic hydroxyl groups is 4. The van der Waals surface area contributed by atoms with E-state index in [-0.39, 0.29) is 19.8 Å². The lowest BCUT2D eigenvalue weighted by Crippen LogP contribution is -2.62. The standard InChI is InChI=1S/C12H23NO9/c13-1-2-20-3-4-21-12(11(18)19)5-7(15)9(17)10(22-12)8(16)6-14/h7-10,14-17H,1-6,13H2,(H,18,19)/t7?,8-,9-,10?,12-/m1/s1. The Balaban J connectivity index is 2.76. The molecular weight excluding hydrogens is 302 g/mol. The van der Waals surface area contributed by atoms with Gasteiger partial charge in [-0.2, -0.15) is 0 Å². The molecule has 0 spiro atoms. The third kappa shape index (κ3) is 4.57. The van der Waals surface area contributed by atoms with Crippen molar-refractivity contribution >= 4 is 5.97 Å². The molecule has 1 aliphatic rings. The Bertz CT molecular complexity index is 355. The van der Waals surface area contributed by atoms with Crippen molar-refractivity contribution in [2.45, 2.75) is 36.6 Å². The highest BCUT2D eigenvalue weighted by molar-refractivity contribution is 5.76. The zero-order valence-electron chi connectivity index (χ0n) is 12.0. The fourth-order valence-electron chi connectivity index (χ4n) is 2.11. The van der Waals surface area contributed by atoms with Crippen LogP contribution in [0.4, 0.5) is 0 Å². The molecule has 2 unspecified atom stereocenters. The van der Waals surface area contributed by atoms with Crippen LogP contribution in [0.2, 0.25) is 0 Å². The average Bonchev–Trinajstić information content (AvgIpc) is 2.49. The Morgan fingerprint density at radius 1 is 1.36 bits per heavy atom. The molecule has 0 saturated carbocycles. The smallest absolute Gasteiger partial charge is 0.364 e. The van der Waals surface area contributed by atoms with E-state index in [1.807, 2.05) is 0 Å². The summed E-state index contributed by atoms with van der Waals surface area (Å²) in [7, 11) is 0. The Hall–Kier alpha value is -0.850. The molecule has 0 aromatic heterocycles. The quantitative estimate of drug-likeness (QED) is 0.235. The molecule has 1 rings (SSSR count). The van der Waals surface area contributed by atoms with Gasteiger partial charge >= 0.3 is 5.97 Å². The van der Waals surface area contributed by atoms with Gasteiger partial charge in [-0.25, -0.2) is 4.79 Å². The third-order valence-corrected chi connectivity index (χ3v) is 3.25. The maximum Gasteiger partial charge on any atom is 0.364 e. The molecule has 130 valence electrons. The lowest BCUT2D eigenvalue weighted by atomic mass is 9.92. The summed E-state index contributed by atoms with van der Waals surface area (Å²) in [6.07, 6.45) is -6.65. The highest BCUT2D eigenvalue weighted by Gasteiger charge is 2.54. The normalized spacial score (nSPS) is 33.6. The summed E-state index contributed by atoms with van der Waals surface area (Å²) in [5, 5.41) is 47.4. The molecule has 0 aromatic carbocycles. The van der Waals surface area contributed by atoms with Gasteiger partial charge in [-0.05, 0) is 0 Å². The number of aliphatic carboxylic acids is 1. The van der Waals surface area contributed by atoms with Gasteiger partial charge in [-0.3, -0.25) is 0 Å². The number of hydrogen-bond donors (Lipinski definition) is 6. The van der Waals surface area contributed by atoms with E-state index in [1.165, 1.54) is 0 Å². The van der Waals surface area contributed by atoms with Crippen molar-refractivity contribution in [3.05, 3.63) is 0 Å². The topological polar surface area (TPSA) is 172 Å². The van der Waals surface area contributed by atoms with Crippen LogP contribution >= 0.6 is 0 Å². The molecule has 0 amide bonds. The number of carboxylic acid groups (broad SMARTS) is 1. The lowest BCUT2D eigenvalue weighted by molar-refractivity contribution is -0.325. The minimum atomic E-state index is -2.24. The average molecular weight is 325 g/mol. The van der Waals surface area contributed by atoms with Crippen LogP contribution in [0.15, 0.2) is 0 Å². The predicted octanol–water partition coefficient (Wildman–Crippen LogP) is -3.38.